The molecule has 94 valence electrons. The van der Waals surface area contributed by atoms with Crippen LogP contribution in [-0.4, -0.2) is 48.7 Å². The highest BCUT2D eigenvalue weighted by molar-refractivity contribution is 5.78. The van der Waals surface area contributed by atoms with Gasteiger partial charge in [0.2, 0.25) is 5.91 Å². The first kappa shape index (κ1) is 13.5. The van der Waals surface area contributed by atoms with Crippen LogP contribution in [0.25, 0.3) is 0 Å². The topological polar surface area (TPSA) is 41.6 Å². The molecule has 0 saturated carbocycles. The minimum atomic E-state index is -0.0620. The van der Waals surface area contributed by atoms with Crippen LogP contribution in [0.4, 0.5) is 0 Å². The van der Waals surface area contributed by atoms with Gasteiger partial charge in [-0.3, -0.25) is 4.79 Å². The zero-order valence-electron chi connectivity index (χ0n) is 11.0. The molecule has 16 heavy (non-hydrogen) atoms. The first-order chi connectivity index (χ1) is 7.37. The van der Waals surface area contributed by atoms with Crippen LogP contribution in [-0.2, 0) is 9.53 Å². The van der Waals surface area contributed by atoms with E-state index in [0.29, 0.717) is 6.54 Å². The van der Waals surface area contributed by atoms with Crippen molar-refractivity contribution in [3.63, 3.8) is 0 Å². The fourth-order valence-electron chi connectivity index (χ4n) is 1.76. The Morgan fingerprint density at radius 3 is 2.69 bits per heavy atom. The number of nitrogens with one attached hydrogen (secondary N) is 1. The van der Waals surface area contributed by atoms with Crippen molar-refractivity contribution in [3.8, 4) is 0 Å². The average molecular weight is 228 g/mol. The third-order valence-electron chi connectivity index (χ3n) is 3.70. The maximum absolute atomic E-state index is 11.8. The summed E-state index contributed by atoms with van der Waals surface area (Å²) in [4.78, 5) is 13.6. The van der Waals surface area contributed by atoms with Gasteiger partial charge < -0.3 is 15.0 Å². The molecule has 1 aliphatic rings. The molecule has 1 amide bonds. The van der Waals surface area contributed by atoms with Crippen LogP contribution in [0, 0.1) is 0 Å². The smallest absolute Gasteiger partial charge is 0.236 e. The molecule has 1 aliphatic heterocycles. The highest BCUT2D eigenvalue weighted by Crippen LogP contribution is 2.24. The average Bonchev–Trinajstić information content (AvgIpc) is 2.55. The Morgan fingerprint density at radius 1 is 1.62 bits per heavy atom. The number of carbonyl (C=O) groups is 1. The van der Waals surface area contributed by atoms with Gasteiger partial charge in [-0.15, -0.1) is 0 Å². The van der Waals surface area contributed by atoms with Crippen LogP contribution in [0.5, 0.6) is 0 Å². The fraction of sp³-hybridized carbons (Fsp3) is 0.917. The van der Waals surface area contributed by atoms with Crippen molar-refractivity contribution in [1.82, 2.24) is 10.2 Å². The first-order valence-electron chi connectivity index (χ1n) is 5.99. The van der Waals surface area contributed by atoms with Gasteiger partial charge in [0, 0.05) is 25.2 Å². The van der Waals surface area contributed by atoms with E-state index in [9.17, 15) is 4.79 Å². The molecule has 1 saturated heterocycles. The molecule has 1 rings (SSSR count). The summed E-state index contributed by atoms with van der Waals surface area (Å²) in [6.07, 6.45) is 1.14. The summed E-state index contributed by atoms with van der Waals surface area (Å²) >= 11 is 0. The number of nitrogens with zero attached hydrogens (tertiary/aromatic N) is 1. The monoisotopic (exact) mass is 228 g/mol. The standard InChI is InChI=1S/C12H24N2O2/c1-9(2)14(5)11(15)8-13-12(4)6-7-16-10(12)3/h9-10,13H,6-8H2,1-5H3. The van der Waals surface area contributed by atoms with Crippen LogP contribution in [0.1, 0.15) is 34.1 Å². The van der Waals surface area contributed by atoms with Gasteiger partial charge in [0.1, 0.15) is 0 Å². The summed E-state index contributed by atoms with van der Waals surface area (Å²) in [7, 11) is 1.84. The van der Waals surface area contributed by atoms with Gasteiger partial charge in [-0.1, -0.05) is 0 Å². The molecule has 0 bridgehead atoms. The lowest BCUT2D eigenvalue weighted by atomic mass is 9.95. The molecule has 0 spiro atoms. The van der Waals surface area contributed by atoms with Crippen molar-refractivity contribution in [1.29, 1.82) is 0 Å². The predicted octanol–water partition coefficient (Wildman–Crippen LogP) is 1.01. The lowest BCUT2D eigenvalue weighted by molar-refractivity contribution is -0.130. The minimum absolute atomic E-state index is 0.0620. The van der Waals surface area contributed by atoms with Crippen LogP contribution < -0.4 is 5.32 Å². The second-order valence-corrected chi connectivity index (χ2v) is 5.13. The number of hydrogen-bond donors (Lipinski definition) is 1. The molecule has 0 radical (unpaired) electrons. The lowest BCUT2D eigenvalue weighted by Crippen LogP contribution is -2.52. The fourth-order valence-corrected chi connectivity index (χ4v) is 1.76. The van der Waals surface area contributed by atoms with E-state index < -0.39 is 0 Å². The Morgan fingerprint density at radius 2 is 2.25 bits per heavy atom. The third kappa shape index (κ3) is 2.95. The van der Waals surface area contributed by atoms with Gasteiger partial charge >= 0.3 is 0 Å². The van der Waals surface area contributed by atoms with Crippen molar-refractivity contribution in [2.75, 3.05) is 20.2 Å². The van der Waals surface area contributed by atoms with Gasteiger partial charge in [0.25, 0.3) is 0 Å². The van der Waals surface area contributed by atoms with Crippen LogP contribution in [0.2, 0.25) is 0 Å². The summed E-state index contributed by atoms with van der Waals surface area (Å²) < 4.78 is 5.52. The quantitative estimate of drug-likeness (QED) is 0.781. The third-order valence-corrected chi connectivity index (χ3v) is 3.70. The Labute approximate surface area is 98.3 Å². The summed E-state index contributed by atoms with van der Waals surface area (Å²) in [5.41, 5.74) is -0.0620. The Bertz CT molecular complexity index is 255. The Hall–Kier alpha value is -0.610. The highest BCUT2D eigenvalue weighted by Gasteiger charge is 2.36. The van der Waals surface area contributed by atoms with E-state index >= 15 is 0 Å². The molecule has 0 aromatic carbocycles. The van der Waals surface area contributed by atoms with Crippen molar-refractivity contribution >= 4 is 5.91 Å². The van der Waals surface area contributed by atoms with Crippen molar-refractivity contribution in [2.24, 2.45) is 0 Å². The van der Waals surface area contributed by atoms with Crippen molar-refractivity contribution < 1.29 is 9.53 Å². The van der Waals surface area contributed by atoms with E-state index in [1.165, 1.54) is 0 Å². The molecule has 2 unspecified atom stereocenters. The first-order valence-corrected chi connectivity index (χ1v) is 5.99. The predicted molar refractivity (Wildman–Crippen MR) is 64.3 cm³/mol. The number of rotatable bonds is 4. The normalized spacial score (nSPS) is 29.8. The number of ether oxygens (including phenoxy) is 1. The molecule has 1 N–H and O–H groups in total. The van der Waals surface area contributed by atoms with E-state index in [1.54, 1.807) is 4.90 Å². The van der Waals surface area contributed by atoms with E-state index in [0.717, 1.165) is 13.0 Å². The Kier molecular flexibility index (Phi) is 4.33. The number of amides is 1. The number of carbonyl (C=O) groups excluding carboxylic acids is 1. The maximum Gasteiger partial charge on any atom is 0.236 e. The second kappa shape index (κ2) is 5.15. The largest absolute Gasteiger partial charge is 0.377 e. The summed E-state index contributed by atoms with van der Waals surface area (Å²) in [5.74, 6) is 0.135. The summed E-state index contributed by atoms with van der Waals surface area (Å²) in [6.45, 7) is 9.36. The van der Waals surface area contributed by atoms with Gasteiger partial charge in [0.05, 0.1) is 12.6 Å². The molecule has 4 nitrogen and oxygen atoms in total. The molecule has 2 atom stereocenters. The molecule has 0 aromatic heterocycles. The van der Waals surface area contributed by atoms with E-state index in [-0.39, 0.29) is 23.6 Å². The molecule has 0 aliphatic carbocycles. The molecular weight excluding hydrogens is 204 g/mol. The molecule has 4 heteroatoms. The van der Waals surface area contributed by atoms with Crippen LogP contribution in [0.3, 0.4) is 0 Å². The molecule has 0 aromatic rings. The Balaban J connectivity index is 2.42. The summed E-state index contributed by atoms with van der Waals surface area (Å²) in [5, 5.41) is 3.33. The minimum Gasteiger partial charge on any atom is -0.377 e. The molecule has 1 heterocycles. The van der Waals surface area contributed by atoms with Gasteiger partial charge in [-0.05, 0) is 34.1 Å². The van der Waals surface area contributed by atoms with Crippen LogP contribution in [0.15, 0.2) is 0 Å². The zero-order chi connectivity index (χ0) is 12.3. The van der Waals surface area contributed by atoms with E-state index in [2.05, 4.69) is 19.2 Å². The van der Waals surface area contributed by atoms with Gasteiger partial charge in [0.15, 0.2) is 0 Å². The zero-order valence-corrected chi connectivity index (χ0v) is 11.0. The van der Waals surface area contributed by atoms with E-state index in [1.807, 2.05) is 20.9 Å². The molecular formula is C12H24N2O2. The van der Waals surface area contributed by atoms with Crippen molar-refractivity contribution in [3.05, 3.63) is 0 Å². The van der Waals surface area contributed by atoms with Crippen LogP contribution >= 0.6 is 0 Å². The van der Waals surface area contributed by atoms with Crippen molar-refractivity contribution in [2.45, 2.75) is 51.8 Å². The van der Waals surface area contributed by atoms with E-state index in [4.69, 9.17) is 4.74 Å². The number of likely N-dealkylation sites (N-methyl/N-ethyl adjacent to an activating group) is 1. The lowest BCUT2D eigenvalue weighted by Gasteiger charge is -2.30. The second-order valence-electron chi connectivity index (χ2n) is 5.13. The van der Waals surface area contributed by atoms with Gasteiger partial charge in [-0.2, -0.15) is 0 Å². The number of hydrogen-bond acceptors (Lipinski definition) is 3. The highest BCUT2D eigenvalue weighted by atomic mass is 16.5. The molecule has 1 fully saturated rings. The van der Waals surface area contributed by atoms with Gasteiger partial charge in [-0.25, -0.2) is 0 Å². The SMILES string of the molecule is CC(C)N(C)C(=O)CNC1(C)CCOC1C. The maximum atomic E-state index is 11.8. The summed E-state index contributed by atoms with van der Waals surface area (Å²) in [6, 6.07) is 0.249.